The molecule has 0 saturated heterocycles. The van der Waals surface area contributed by atoms with Gasteiger partial charge in [-0.25, -0.2) is 29.9 Å². The minimum atomic E-state index is -0.833. The Morgan fingerprint density at radius 1 is 0.279 bits per heavy atom. The van der Waals surface area contributed by atoms with E-state index >= 15 is 0 Å². The van der Waals surface area contributed by atoms with E-state index in [1.165, 1.54) is 0 Å². The minimum absolute atomic E-state index is 0. The van der Waals surface area contributed by atoms with Crippen molar-refractivity contribution >= 4 is 195 Å². The smallest absolute Gasteiger partial charge is 0.300 e. The molecule has 0 unspecified atom stereocenters. The fourth-order valence-corrected chi connectivity index (χ4v) is 16.2. The average molecular weight is 1840 g/mol. The molecule has 0 spiro atoms. The van der Waals surface area contributed by atoms with Gasteiger partial charge in [0.2, 0.25) is 0 Å². The number of hydrogen-bond acceptors (Lipinski definition) is 13. The van der Waals surface area contributed by atoms with E-state index in [1.807, 2.05) is 121 Å². The Balaban J connectivity index is 0.000000192. The third-order valence-corrected chi connectivity index (χ3v) is 22.9. The molecule has 0 saturated carbocycles. The van der Waals surface area contributed by atoms with Gasteiger partial charge in [-0.2, -0.15) is 0 Å². The number of carboxylic acid groups (broad SMARTS) is 3. The van der Waals surface area contributed by atoms with E-state index < -0.39 is 17.9 Å². The van der Waals surface area contributed by atoms with Crippen LogP contribution in [-0.2, 0) is 86.4 Å². The van der Waals surface area contributed by atoms with Gasteiger partial charge in [-0.05, 0) is 204 Å². The molecular weight excluding hydrogens is 1750 g/mol. The summed E-state index contributed by atoms with van der Waals surface area (Å²) in [5.41, 5.74) is 18.2. The summed E-state index contributed by atoms with van der Waals surface area (Å²) in [7, 11) is 0. The summed E-state index contributed by atoms with van der Waals surface area (Å²) in [4.78, 5) is 67.5. The summed E-state index contributed by atoms with van der Waals surface area (Å²) in [6.45, 7) is 29.3. The molecule has 24 bridgehead atoms. The van der Waals surface area contributed by atoms with Gasteiger partial charge in [-0.15, -0.1) is 11.0 Å². The number of phenols is 4. The summed E-state index contributed by atoms with van der Waals surface area (Å²) in [5, 5.41) is 84.5. The summed E-state index contributed by atoms with van der Waals surface area (Å²) >= 11 is 0. The molecule has 3 radical (unpaired) electrons. The maximum absolute atomic E-state index is 12.2. The van der Waals surface area contributed by atoms with E-state index in [0.717, 1.165) is 147 Å². The zero-order chi connectivity index (χ0) is 89.5. The van der Waals surface area contributed by atoms with Crippen molar-refractivity contribution in [3.8, 4) is 45.3 Å². The second-order valence-electron chi connectivity index (χ2n) is 36.2. The third-order valence-electron chi connectivity index (χ3n) is 22.9. The predicted octanol–water partition coefficient (Wildman–Crippen LogP) is 26.1. The number of fused-ring (bicyclic) bond motifs is 30. The molecule has 655 valence electrons. The number of aliphatic carboxylic acids is 3. The molecule has 20 rings (SSSR count). The number of aromatic nitrogens is 8. The molecule has 8 N–H and O–H groups in total. The number of phenolic OH excluding ortho intramolecular Hbond substituents is 4. The van der Waals surface area contributed by atoms with Gasteiger partial charge in [0.25, 0.3) is 17.9 Å². The van der Waals surface area contributed by atoms with Crippen LogP contribution in [0.15, 0.2) is 231 Å². The molecule has 0 fully saturated rings. The Labute approximate surface area is 775 Å². The second-order valence-corrected chi connectivity index (χ2v) is 36.2. The molecular formula is C108H95Co3N8O10-. The van der Waals surface area contributed by atoms with Crippen LogP contribution in [0.4, 0.5) is 0 Å². The molecule has 10 aromatic carbocycles. The molecule has 0 aliphatic carbocycles. The first-order valence-electron chi connectivity index (χ1n) is 41.7. The Morgan fingerprint density at radius 3 is 0.915 bits per heavy atom. The van der Waals surface area contributed by atoms with Gasteiger partial charge in [-0.3, -0.25) is 14.4 Å². The molecule has 21 heteroatoms. The summed E-state index contributed by atoms with van der Waals surface area (Å²) in [6.07, 6.45) is 8.00. The van der Waals surface area contributed by atoms with Crippen LogP contribution >= 0.6 is 0 Å². The molecule has 0 amide bonds. The summed E-state index contributed by atoms with van der Waals surface area (Å²) in [6, 6.07) is 78.3. The molecule has 129 heavy (non-hydrogen) atoms. The van der Waals surface area contributed by atoms with Crippen LogP contribution in [0.1, 0.15) is 149 Å². The van der Waals surface area contributed by atoms with Crippen molar-refractivity contribution in [2.75, 3.05) is 0 Å². The van der Waals surface area contributed by atoms with Gasteiger partial charge in [0.1, 0.15) is 23.0 Å². The van der Waals surface area contributed by atoms with Crippen molar-refractivity contribution in [3.05, 3.63) is 276 Å². The fourth-order valence-electron chi connectivity index (χ4n) is 16.2. The van der Waals surface area contributed by atoms with Crippen LogP contribution in [0, 0.1) is 0 Å². The van der Waals surface area contributed by atoms with Crippen LogP contribution in [-0.4, -0.2) is 88.5 Å². The SMILES string of the molecule is CC(=O)O.CC(=O)O.CC(=O)O.CC(C)(C)c1cc2c3nc(c(-c4ccc5ccccc5c4)c4ccc([n-]4)c4cc(C(C)(C)C)cc(c4O)c4ccc5ccc6ccc(nc6c5n4)c(c1)c2O)C=C3.CC(C)(C)c1cc2c3nc(c(-c4ccc5ccccc5c4)c4ccc([nH]4)c4cc(C(C)(C)C)cc(c4O)c4ccc5ccc6ccc(nc6c5n4)c(c1)c2O)C=C3.[Co].[Co].[Co]. The number of aromatic hydroxyl groups is 4. The van der Waals surface area contributed by atoms with E-state index in [0.29, 0.717) is 93.1 Å². The van der Waals surface area contributed by atoms with Crippen molar-refractivity contribution in [2.45, 2.75) is 126 Å². The van der Waals surface area contributed by atoms with Crippen LogP contribution in [0.2, 0.25) is 0 Å². The largest absolute Gasteiger partial charge is 0.657 e. The first-order chi connectivity index (χ1) is 59.8. The molecule has 8 aromatic heterocycles. The van der Waals surface area contributed by atoms with Crippen LogP contribution in [0.5, 0.6) is 23.0 Å². The number of nitrogens with zero attached hydrogens (tertiary/aromatic N) is 7. The molecule has 2 aliphatic rings. The van der Waals surface area contributed by atoms with E-state index in [9.17, 15) is 20.4 Å². The fraction of sp³-hybridized carbons (Fsp3) is 0.176. The Morgan fingerprint density at radius 2 is 0.550 bits per heavy atom. The van der Waals surface area contributed by atoms with Gasteiger partial charge in [0, 0.05) is 152 Å². The third kappa shape index (κ3) is 18.9. The van der Waals surface area contributed by atoms with Crippen LogP contribution < -0.4 is 4.98 Å². The molecule has 0 atom stereocenters. The topological polar surface area (TPSA) is 300 Å². The molecule has 18 aromatic rings. The first kappa shape index (κ1) is 93.0. The zero-order valence-electron chi connectivity index (χ0n) is 73.7. The number of pyridine rings is 4. The number of carbonyl (C=O) groups is 3. The average Bonchev–Trinajstić information content (AvgIpc) is 1.56. The van der Waals surface area contributed by atoms with Crippen LogP contribution in [0.3, 0.4) is 0 Å². The van der Waals surface area contributed by atoms with E-state index in [1.54, 1.807) is 0 Å². The molecule has 18 nitrogen and oxygen atoms in total. The van der Waals surface area contributed by atoms with Crippen molar-refractivity contribution < 1.29 is 100 Å². The van der Waals surface area contributed by atoms with Gasteiger partial charge in [0.05, 0.1) is 66.9 Å². The number of benzene rings is 10. The first-order valence-corrected chi connectivity index (χ1v) is 41.7. The normalized spacial score (nSPS) is 11.9. The second kappa shape index (κ2) is 36.2. The van der Waals surface area contributed by atoms with Gasteiger partial charge < -0.3 is 45.7 Å². The molecule has 10 heterocycles. The van der Waals surface area contributed by atoms with Crippen LogP contribution in [0.25, 0.3) is 199 Å². The minimum Gasteiger partial charge on any atom is -0.657 e. The van der Waals surface area contributed by atoms with E-state index in [4.69, 9.17) is 64.6 Å². The van der Waals surface area contributed by atoms with Crippen molar-refractivity contribution in [2.24, 2.45) is 0 Å². The van der Waals surface area contributed by atoms with Crippen molar-refractivity contribution in [1.82, 2.24) is 39.9 Å². The number of hydrogen-bond donors (Lipinski definition) is 8. The zero-order valence-corrected chi connectivity index (χ0v) is 76.9. The number of aromatic amines is 1. The maximum atomic E-state index is 12.2. The van der Waals surface area contributed by atoms with Gasteiger partial charge in [0.15, 0.2) is 0 Å². The van der Waals surface area contributed by atoms with E-state index in [-0.39, 0.29) is 95.0 Å². The number of carboxylic acids is 3. The Kier molecular flexibility index (Phi) is 26.1. The number of rotatable bonds is 2. The molecule has 2 aliphatic heterocycles. The van der Waals surface area contributed by atoms with Crippen molar-refractivity contribution in [1.29, 1.82) is 0 Å². The van der Waals surface area contributed by atoms with Gasteiger partial charge >= 0.3 is 0 Å². The van der Waals surface area contributed by atoms with Crippen molar-refractivity contribution in [3.63, 3.8) is 0 Å². The maximum Gasteiger partial charge on any atom is 0.300 e. The van der Waals surface area contributed by atoms with Gasteiger partial charge in [-0.1, -0.05) is 217 Å². The predicted molar refractivity (Wildman–Crippen MR) is 515 cm³/mol. The monoisotopic (exact) mass is 1840 g/mol. The van der Waals surface area contributed by atoms with E-state index in [2.05, 4.69) is 222 Å². The Bertz CT molecular complexity index is 7500. The number of H-pyrrole nitrogens is 1. The Hall–Kier alpha value is -13.7. The number of nitrogens with one attached hydrogen (secondary N) is 1. The summed E-state index contributed by atoms with van der Waals surface area (Å²) < 4.78 is 0. The quantitative estimate of drug-likeness (QED) is 0.0746. The summed E-state index contributed by atoms with van der Waals surface area (Å²) in [5.74, 6) is -2.01. The standard InChI is InChI=1S/C51H42N4O2.C51H41N4O2.3C2H4O2.3Co/c2*1-50(2,3)33-24-35-39-19-21-43(52-39)45(32-14-11-28-9-7-8-10-31(28)23-32)44-22-20-40(53-44)36-25-34(51(4,5)6)27-38(49(36)57)42-18-16-30-13-12-29-15-17-41(37(26-33)48(35)56)54-46(29)47(30)55-42;3*1-2(3)4;;;/h7-27,52,56-57H,1-6H3;7-27H,1-6H3,(H2-,52,53,54,55,56,57);3*1H3,(H,3,4);;;/q;-1;;;;;;.